The molecule has 1 N–H and O–H groups in total. The smallest absolute Gasteiger partial charge is 0.242 e. The van der Waals surface area contributed by atoms with Gasteiger partial charge >= 0.3 is 0 Å². The standard InChI is InChI=1S/C26H36BrN3O5S/c1-6-19(2)28-26(32)20(3)29(18-21-9-7-10-22(27)17-21)25(31)11-8-16-30(36(5,33)34)23-12-14-24(35-4)15-13-23/h7,9-10,12-15,17,19-20H,6,8,11,16,18H2,1-5H3,(H,28,32). The third-order valence-electron chi connectivity index (χ3n) is 5.92. The van der Waals surface area contributed by atoms with Gasteiger partial charge in [0.1, 0.15) is 11.8 Å². The number of benzene rings is 2. The van der Waals surface area contributed by atoms with Crippen molar-refractivity contribution in [2.75, 3.05) is 24.2 Å². The van der Waals surface area contributed by atoms with E-state index in [0.717, 1.165) is 22.7 Å². The van der Waals surface area contributed by atoms with Crippen LogP contribution >= 0.6 is 15.9 Å². The van der Waals surface area contributed by atoms with E-state index >= 15 is 0 Å². The summed E-state index contributed by atoms with van der Waals surface area (Å²) in [6, 6.07) is 13.6. The first-order valence-corrected chi connectivity index (χ1v) is 14.6. The van der Waals surface area contributed by atoms with E-state index in [2.05, 4.69) is 21.2 Å². The first kappa shape index (κ1) is 29.6. The van der Waals surface area contributed by atoms with Gasteiger partial charge in [-0.05, 0) is 68.7 Å². The van der Waals surface area contributed by atoms with Crippen LogP contribution in [0.4, 0.5) is 5.69 Å². The molecule has 0 saturated carbocycles. The molecule has 0 aliphatic heterocycles. The number of carbonyl (C=O) groups excluding carboxylic acids is 2. The summed E-state index contributed by atoms with van der Waals surface area (Å²) in [5.74, 6) is 0.184. The molecule has 2 atom stereocenters. The predicted molar refractivity (Wildman–Crippen MR) is 146 cm³/mol. The van der Waals surface area contributed by atoms with Crippen LogP contribution in [-0.4, -0.2) is 57.1 Å². The summed E-state index contributed by atoms with van der Waals surface area (Å²) in [6.45, 7) is 6.02. The Morgan fingerprint density at radius 2 is 1.78 bits per heavy atom. The molecule has 0 saturated heterocycles. The molecule has 0 bridgehead atoms. The second-order valence-electron chi connectivity index (χ2n) is 8.78. The van der Waals surface area contributed by atoms with Crippen molar-refractivity contribution in [3.05, 3.63) is 58.6 Å². The maximum absolute atomic E-state index is 13.3. The van der Waals surface area contributed by atoms with E-state index in [4.69, 9.17) is 4.74 Å². The fraction of sp³-hybridized carbons (Fsp3) is 0.462. The fourth-order valence-corrected chi connectivity index (χ4v) is 5.04. The predicted octanol–water partition coefficient (Wildman–Crippen LogP) is 4.34. The zero-order valence-electron chi connectivity index (χ0n) is 21.5. The first-order valence-electron chi connectivity index (χ1n) is 11.9. The van der Waals surface area contributed by atoms with Gasteiger partial charge in [0.2, 0.25) is 21.8 Å². The van der Waals surface area contributed by atoms with Gasteiger partial charge in [-0.1, -0.05) is 35.0 Å². The molecule has 0 spiro atoms. The van der Waals surface area contributed by atoms with Crippen LogP contribution in [-0.2, 0) is 26.2 Å². The van der Waals surface area contributed by atoms with E-state index in [1.54, 1.807) is 43.2 Å². The molecule has 198 valence electrons. The van der Waals surface area contributed by atoms with E-state index in [-0.39, 0.29) is 37.4 Å². The minimum atomic E-state index is -3.56. The molecule has 2 amide bonds. The van der Waals surface area contributed by atoms with Crippen molar-refractivity contribution in [3.63, 3.8) is 0 Å². The second kappa shape index (κ2) is 13.6. The highest BCUT2D eigenvalue weighted by atomic mass is 79.9. The zero-order chi connectivity index (χ0) is 26.9. The quantitative estimate of drug-likeness (QED) is 0.379. The average molecular weight is 583 g/mol. The largest absolute Gasteiger partial charge is 0.497 e. The Balaban J connectivity index is 2.17. The van der Waals surface area contributed by atoms with Gasteiger partial charge in [-0.15, -0.1) is 0 Å². The Hall–Kier alpha value is -2.59. The molecule has 10 heteroatoms. The van der Waals surface area contributed by atoms with Crippen molar-refractivity contribution in [1.82, 2.24) is 10.2 Å². The third kappa shape index (κ3) is 8.81. The fourth-order valence-electron chi connectivity index (χ4n) is 3.63. The van der Waals surface area contributed by atoms with Gasteiger partial charge in [-0.25, -0.2) is 8.42 Å². The Morgan fingerprint density at radius 3 is 2.33 bits per heavy atom. The number of amides is 2. The maximum atomic E-state index is 13.3. The van der Waals surface area contributed by atoms with Gasteiger partial charge in [0.15, 0.2) is 0 Å². The van der Waals surface area contributed by atoms with E-state index in [1.165, 1.54) is 4.31 Å². The topological polar surface area (TPSA) is 96.0 Å². The molecule has 8 nitrogen and oxygen atoms in total. The number of anilines is 1. The molecular formula is C26H36BrN3O5S. The SMILES string of the molecule is CCC(C)NC(=O)C(C)N(Cc1cccc(Br)c1)C(=O)CCCN(c1ccc(OC)cc1)S(C)(=O)=O. The van der Waals surface area contributed by atoms with Crippen molar-refractivity contribution in [1.29, 1.82) is 0 Å². The van der Waals surface area contributed by atoms with E-state index in [0.29, 0.717) is 17.9 Å². The second-order valence-corrected chi connectivity index (χ2v) is 11.6. The molecule has 0 aliphatic carbocycles. The Labute approximate surface area is 223 Å². The van der Waals surface area contributed by atoms with Crippen LogP contribution in [0.25, 0.3) is 0 Å². The van der Waals surface area contributed by atoms with Gasteiger partial charge in [-0.2, -0.15) is 0 Å². The molecule has 0 heterocycles. The number of nitrogens with zero attached hydrogens (tertiary/aromatic N) is 2. The van der Waals surface area contributed by atoms with Gasteiger partial charge in [-0.3, -0.25) is 13.9 Å². The van der Waals surface area contributed by atoms with E-state index < -0.39 is 16.1 Å². The zero-order valence-corrected chi connectivity index (χ0v) is 23.9. The third-order valence-corrected chi connectivity index (χ3v) is 7.61. The summed E-state index contributed by atoms with van der Waals surface area (Å²) in [4.78, 5) is 27.7. The minimum Gasteiger partial charge on any atom is -0.497 e. The van der Waals surface area contributed by atoms with Gasteiger partial charge in [0, 0.05) is 30.0 Å². The van der Waals surface area contributed by atoms with Crippen LogP contribution in [0, 0.1) is 0 Å². The molecule has 36 heavy (non-hydrogen) atoms. The average Bonchev–Trinajstić information content (AvgIpc) is 2.83. The number of sulfonamides is 1. The van der Waals surface area contributed by atoms with E-state index in [9.17, 15) is 18.0 Å². The highest BCUT2D eigenvalue weighted by Gasteiger charge is 2.27. The Bertz CT molecular complexity index is 1120. The van der Waals surface area contributed by atoms with Gasteiger partial charge in [0.05, 0.1) is 19.1 Å². The maximum Gasteiger partial charge on any atom is 0.242 e. The highest BCUT2D eigenvalue weighted by Crippen LogP contribution is 2.22. The van der Waals surface area contributed by atoms with Crippen LogP contribution in [0.3, 0.4) is 0 Å². The number of methoxy groups -OCH3 is 1. The Morgan fingerprint density at radius 1 is 1.11 bits per heavy atom. The van der Waals surface area contributed by atoms with Crippen LogP contribution in [0.15, 0.2) is 53.0 Å². The lowest BCUT2D eigenvalue weighted by Crippen LogP contribution is -2.49. The molecule has 0 aliphatic rings. The summed E-state index contributed by atoms with van der Waals surface area (Å²) in [5, 5.41) is 2.95. The van der Waals surface area contributed by atoms with Crippen molar-refractivity contribution in [3.8, 4) is 5.75 Å². The minimum absolute atomic E-state index is 0.00409. The Kier molecular flexibility index (Phi) is 11.2. The number of carbonyl (C=O) groups is 2. The lowest BCUT2D eigenvalue weighted by molar-refractivity contribution is -0.140. The molecule has 0 fully saturated rings. The van der Waals surface area contributed by atoms with Crippen LogP contribution in [0.2, 0.25) is 0 Å². The normalized spacial score (nSPS) is 12.9. The van der Waals surface area contributed by atoms with Crippen molar-refractivity contribution in [2.24, 2.45) is 0 Å². The summed E-state index contributed by atoms with van der Waals surface area (Å²) in [7, 11) is -2.02. The molecule has 0 radical (unpaired) electrons. The number of nitrogens with one attached hydrogen (secondary N) is 1. The molecule has 2 rings (SSSR count). The van der Waals surface area contributed by atoms with Crippen molar-refractivity contribution >= 4 is 43.5 Å². The van der Waals surface area contributed by atoms with Crippen LogP contribution in [0.5, 0.6) is 5.75 Å². The number of rotatable bonds is 13. The lowest BCUT2D eigenvalue weighted by atomic mass is 10.1. The number of hydrogen-bond acceptors (Lipinski definition) is 5. The van der Waals surface area contributed by atoms with Crippen LogP contribution in [0.1, 0.15) is 45.6 Å². The monoisotopic (exact) mass is 581 g/mol. The lowest BCUT2D eigenvalue weighted by Gasteiger charge is -2.30. The molecule has 0 aromatic heterocycles. The molecule has 2 unspecified atom stereocenters. The summed E-state index contributed by atoms with van der Waals surface area (Å²) in [6.07, 6.45) is 2.31. The summed E-state index contributed by atoms with van der Waals surface area (Å²) < 4.78 is 32.2. The van der Waals surface area contributed by atoms with Crippen LogP contribution < -0.4 is 14.4 Å². The summed E-state index contributed by atoms with van der Waals surface area (Å²) in [5.41, 5.74) is 1.38. The summed E-state index contributed by atoms with van der Waals surface area (Å²) >= 11 is 3.45. The van der Waals surface area contributed by atoms with Crippen molar-refractivity contribution in [2.45, 2.75) is 58.7 Å². The molecular weight excluding hydrogens is 546 g/mol. The van der Waals surface area contributed by atoms with Gasteiger partial charge in [0.25, 0.3) is 0 Å². The number of hydrogen-bond donors (Lipinski definition) is 1. The molecule has 2 aromatic carbocycles. The van der Waals surface area contributed by atoms with E-state index in [1.807, 2.05) is 38.1 Å². The first-order chi connectivity index (χ1) is 17.0. The number of ether oxygens (including phenoxy) is 1. The highest BCUT2D eigenvalue weighted by molar-refractivity contribution is 9.10. The number of halogens is 1. The van der Waals surface area contributed by atoms with Gasteiger partial charge < -0.3 is 15.0 Å². The molecule has 2 aromatic rings. The van der Waals surface area contributed by atoms with Crippen molar-refractivity contribution < 1.29 is 22.7 Å².